The maximum atomic E-state index is 12.5. The van der Waals surface area contributed by atoms with E-state index in [9.17, 15) is 9.59 Å². The fourth-order valence-electron chi connectivity index (χ4n) is 2.51. The molecule has 0 saturated heterocycles. The quantitative estimate of drug-likeness (QED) is 0.379. The molecule has 0 unspecified atom stereocenters. The van der Waals surface area contributed by atoms with Crippen molar-refractivity contribution in [2.24, 2.45) is 0 Å². The van der Waals surface area contributed by atoms with E-state index in [1.807, 2.05) is 6.07 Å². The number of oxazole rings is 1. The van der Waals surface area contributed by atoms with Crippen molar-refractivity contribution >= 4 is 39.9 Å². The number of ketones is 1. The van der Waals surface area contributed by atoms with Crippen LogP contribution < -0.4 is 5.32 Å². The molecule has 3 aromatic rings. The van der Waals surface area contributed by atoms with Crippen LogP contribution in [0, 0.1) is 0 Å². The highest BCUT2D eigenvalue weighted by atomic mass is 32.2. The standard InChI is InChI=1S/C22H23N3O3S2/c1-5-16(26)10-14-7-6-8-15(9-14)20(27)25-21-24-12-19(30-21)29-13-18-23-11-17(28-18)22(2,3)4/h5-9,11-12H,1,10,13H2,2-4H3,(H,24,25,27). The smallest absolute Gasteiger partial charge is 0.257 e. The highest BCUT2D eigenvalue weighted by Crippen LogP contribution is 2.32. The fourth-order valence-corrected chi connectivity index (χ4v) is 4.23. The zero-order chi connectivity index (χ0) is 21.7. The van der Waals surface area contributed by atoms with E-state index in [1.54, 1.807) is 42.4 Å². The molecule has 0 fully saturated rings. The zero-order valence-corrected chi connectivity index (χ0v) is 18.7. The van der Waals surface area contributed by atoms with Gasteiger partial charge in [0.25, 0.3) is 5.91 Å². The predicted molar refractivity (Wildman–Crippen MR) is 120 cm³/mol. The Morgan fingerprint density at radius 2 is 2.07 bits per heavy atom. The molecule has 0 spiro atoms. The summed E-state index contributed by atoms with van der Waals surface area (Å²) >= 11 is 2.94. The first-order chi connectivity index (χ1) is 14.2. The maximum Gasteiger partial charge on any atom is 0.257 e. The number of hydrogen-bond acceptors (Lipinski definition) is 7. The monoisotopic (exact) mass is 441 g/mol. The normalized spacial score (nSPS) is 11.3. The lowest BCUT2D eigenvalue weighted by Crippen LogP contribution is -2.12. The number of aromatic nitrogens is 2. The third kappa shape index (κ3) is 5.90. The molecule has 0 aliphatic rings. The third-order valence-electron chi connectivity index (χ3n) is 4.13. The lowest BCUT2D eigenvalue weighted by atomic mass is 9.94. The molecule has 2 heterocycles. The van der Waals surface area contributed by atoms with Crippen LogP contribution in [0.25, 0.3) is 0 Å². The number of thiazole rings is 1. The highest BCUT2D eigenvalue weighted by molar-refractivity contribution is 8.00. The van der Waals surface area contributed by atoms with E-state index in [2.05, 4.69) is 42.6 Å². The van der Waals surface area contributed by atoms with Crippen molar-refractivity contribution < 1.29 is 14.0 Å². The van der Waals surface area contributed by atoms with Gasteiger partial charge in [-0.25, -0.2) is 9.97 Å². The van der Waals surface area contributed by atoms with Gasteiger partial charge in [0.15, 0.2) is 10.9 Å². The minimum atomic E-state index is -0.267. The topological polar surface area (TPSA) is 85.1 Å². The summed E-state index contributed by atoms with van der Waals surface area (Å²) in [5, 5.41) is 3.32. The van der Waals surface area contributed by atoms with Crippen molar-refractivity contribution in [1.29, 1.82) is 0 Å². The fraction of sp³-hybridized carbons (Fsp3) is 0.273. The van der Waals surface area contributed by atoms with Crippen LogP contribution in [0.2, 0.25) is 0 Å². The molecule has 6 nitrogen and oxygen atoms in total. The first-order valence-corrected chi connectivity index (χ1v) is 11.1. The number of amides is 1. The number of allylic oxidation sites excluding steroid dienone is 1. The summed E-state index contributed by atoms with van der Waals surface area (Å²) in [7, 11) is 0. The summed E-state index contributed by atoms with van der Waals surface area (Å²) in [6.07, 6.45) is 4.99. The number of rotatable bonds is 8. The summed E-state index contributed by atoms with van der Waals surface area (Å²) in [6.45, 7) is 9.71. The van der Waals surface area contributed by atoms with E-state index >= 15 is 0 Å². The summed E-state index contributed by atoms with van der Waals surface area (Å²) in [6, 6.07) is 6.97. The minimum Gasteiger partial charge on any atom is -0.444 e. The van der Waals surface area contributed by atoms with E-state index in [-0.39, 0.29) is 23.5 Å². The number of nitrogens with one attached hydrogen (secondary N) is 1. The highest BCUT2D eigenvalue weighted by Gasteiger charge is 2.19. The van der Waals surface area contributed by atoms with Gasteiger partial charge in [0, 0.05) is 17.4 Å². The van der Waals surface area contributed by atoms with E-state index in [0.717, 1.165) is 15.5 Å². The van der Waals surface area contributed by atoms with Crippen LogP contribution in [-0.2, 0) is 22.4 Å². The van der Waals surface area contributed by atoms with Crippen molar-refractivity contribution in [3.63, 3.8) is 0 Å². The van der Waals surface area contributed by atoms with Crippen LogP contribution >= 0.6 is 23.1 Å². The largest absolute Gasteiger partial charge is 0.444 e. The van der Waals surface area contributed by atoms with E-state index in [4.69, 9.17) is 4.42 Å². The second-order valence-corrected chi connectivity index (χ2v) is 9.95. The van der Waals surface area contributed by atoms with Crippen molar-refractivity contribution in [3.05, 3.63) is 72.1 Å². The second-order valence-electron chi connectivity index (χ2n) is 7.64. The first-order valence-electron chi connectivity index (χ1n) is 9.34. The van der Waals surface area contributed by atoms with Gasteiger partial charge in [0.1, 0.15) is 5.76 Å². The molecule has 1 N–H and O–H groups in total. The van der Waals surface area contributed by atoms with Gasteiger partial charge in [-0.1, -0.05) is 50.8 Å². The van der Waals surface area contributed by atoms with Crippen molar-refractivity contribution in [3.8, 4) is 0 Å². The molecule has 3 rings (SSSR count). The first kappa shape index (κ1) is 22.0. The Balaban J connectivity index is 1.58. The number of benzene rings is 1. The van der Waals surface area contributed by atoms with Crippen molar-refractivity contribution in [1.82, 2.24) is 9.97 Å². The van der Waals surface area contributed by atoms with Crippen LogP contribution in [0.4, 0.5) is 5.13 Å². The van der Waals surface area contributed by atoms with Crippen LogP contribution in [0.3, 0.4) is 0 Å². The number of hydrogen-bond donors (Lipinski definition) is 1. The molecule has 1 aromatic carbocycles. The van der Waals surface area contributed by atoms with Gasteiger partial charge in [-0.2, -0.15) is 0 Å². The van der Waals surface area contributed by atoms with Gasteiger partial charge in [0.2, 0.25) is 5.89 Å². The van der Waals surface area contributed by atoms with Crippen molar-refractivity contribution in [2.75, 3.05) is 5.32 Å². The summed E-state index contributed by atoms with van der Waals surface area (Å²) in [5.41, 5.74) is 1.17. The summed E-state index contributed by atoms with van der Waals surface area (Å²) in [4.78, 5) is 32.6. The molecular formula is C22H23N3O3S2. The molecule has 1 amide bonds. The summed E-state index contributed by atoms with van der Waals surface area (Å²) < 4.78 is 6.75. The van der Waals surface area contributed by atoms with Gasteiger partial charge in [-0.3, -0.25) is 14.9 Å². The predicted octanol–water partition coefficient (Wildman–Crippen LogP) is 5.27. The third-order valence-corrected chi connectivity index (χ3v) is 6.22. The van der Waals surface area contributed by atoms with E-state index < -0.39 is 0 Å². The number of carbonyl (C=O) groups is 2. The molecule has 8 heteroatoms. The Bertz CT molecular complexity index is 1060. The average molecular weight is 442 g/mol. The van der Waals surface area contributed by atoms with E-state index in [0.29, 0.717) is 22.3 Å². The molecule has 0 aliphatic carbocycles. The molecule has 0 saturated carbocycles. The lowest BCUT2D eigenvalue weighted by Gasteiger charge is -2.12. The molecule has 2 aromatic heterocycles. The molecule has 30 heavy (non-hydrogen) atoms. The molecule has 0 aliphatic heterocycles. The number of carbonyl (C=O) groups excluding carboxylic acids is 2. The SMILES string of the molecule is C=CC(=O)Cc1cccc(C(=O)Nc2ncc(SCc3ncc(C(C)(C)C)o3)s2)c1. The van der Waals surface area contributed by atoms with Gasteiger partial charge >= 0.3 is 0 Å². The number of thioether (sulfide) groups is 1. The zero-order valence-electron chi connectivity index (χ0n) is 17.1. The molecule has 0 radical (unpaired) electrons. The Labute approximate surface area is 183 Å². The van der Waals surface area contributed by atoms with Crippen LogP contribution in [0.5, 0.6) is 0 Å². The Morgan fingerprint density at radius 3 is 2.77 bits per heavy atom. The lowest BCUT2D eigenvalue weighted by molar-refractivity contribution is -0.114. The average Bonchev–Trinajstić information content (AvgIpc) is 3.35. The van der Waals surface area contributed by atoms with Crippen molar-refractivity contribution in [2.45, 2.75) is 42.6 Å². The van der Waals surface area contributed by atoms with Crippen LogP contribution in [0.15, 0.2) is 57.9 Å². The second kappa shape index (κ2) is 9.40. The number of anilines is 1. The van der Waals surface area contributed by atoms with Gasteiger partial charge < -0.3 is 4.42 Å². The molecule has 0 atom stereocenters. The van der Waals surface area contributed by atoms with Gasteiger partial charge in [0.05, 0.1) is 22.4 Å². The Hall–Kier alpha value is -2.71. The Kier molecular flexibility index (Phi) is 6.89. The Morgan fingerprint density at radius 1 is 1.27 bits per heavy atom. The minimum absolute atomic E-state index is 0.0753. The molecule has 156 valence electrons. The van der Waals surface area contributed by atoms with Crippen LogP contribution in [0.1, 0.15) is 48.3 Å². The molecule has 0 bridgehead atoms. The van der Waals surface area contributed by atoms with Crippen LogP contribution in [-0.4, -0.2) is 21.7 Å². The summed E-state index contributed by atoms with van der Waals surface area (Å²) in [5.74, 6) is 1.75. The van der Waals surface area contributed by atoms with Gasteiger partial charge in [-0.05, 0) is 23.8 Å². The van der Waals surface area contributed by atoms with Gasteiger partial charge in [-0.15, -0.1) is 11.8 Å². The maximum absolute atomic E-state index is 12.5. The van der Waals surface area contributed by atoms with E-state index in [1.165, 1.54) is 17.4 Å². The number of nitrogens with zero attached hydrogens (tertiary/aromatic N) is 2. The molecular weight excluding hydrogens is 418 g/mol.